The number of hydrogen-bond donors (Lipinski definition) is 1. The molecule has 0 spiro atoms. The lowest BCUT2D eigenvalue weighted by molar-refractivity contribution is -0.00159. The summed E-state index contributed by atoms with van der Waals surface area (Å²) in [5, 5.41) is 3.27. The summed E-state index contributed by atoms with van der Waals surface area (Å²) in [5.41, 5.74) is 2.88. The smallest absolute Gasteiger partial charge is 0.254 e. The molecule has 1 N–H and O–H groups in total. The highest BCUT2D eigenvalue weighted by atomic mass is 16.5. The minimum absolute atomic E-state index is 0.115. The Morgan fingerprint density at radius 1 is 1.48 bits per heavy atom. The second-order valence-electron chi connectivity index (χ2n) is 5.85. The van der Waals surface area contributed by atoms with Crippen LogP contribution < -0.4 is 5.32 Å². The van der Waals surface area contributed by atoms with Crippen LogP contribution in [-0.2, 0) is 4.74 Å². The van der Waals surface area contributed by atoms with E-state index < -0.39 is 0 Å². The van der Waals surface area contributed by atoms with Crippen molar-refractivity contribution in [3.63, 3.8) is 0 Å². The lowest BCUT2D eigenvalue weighted by atomic mass is 9.95. The van der Waals surface area contributed by atoms with E-state index in [1.165, 1.54) is 0 Å². The molecule has 116 valence electrons. The zero-order valence-corrected chi connectivity index (χ0v) is 13.5. The second-order valence-corrected chi connectivity index (χ2v) is 5.85. The fraction of sp³-hybridized carbons (Fsp3) is 0.588. The number of likely N-dealkylation sites (tertiary alicyclic amines) is 1. The number of carbonyl (C=O) groups excluding carboxylic acids is 1. The third-order valence-electron chi connectivity index (χ3n) is 4.32. The van der Waals surface area contributed by atoms with Crippen molar-refractivity contribution >= 4 is 11.6 Å². The number of ether oxygens (including phenoxy) is 1. The van der Waals surface area contributed by atoms with E-state index in [0.29, 0.717) is 12.5 Å². The van der Waals surface area contributed by atoms with Gasteiger partial charge in [-0.1, -0.05) is 6.92 Å². The molecule has 2 unspecified atom stereocenters. The van der Waals surface area contributed by atoms with Gasteiger partial charge in [-0.05, 0) is 49.9 Å². The van der Waals surface area contributed by atoms with Gasteiger partial charge in [-0.15, -0.1) is 0 Å². The third-order valence-corrected chi connectivity index (χ3v) is 4.32. The minimum Gasteiger partial charge on any atom is -0.385 e. The highest BCUT2D eigenvalue weighted by Crippen LogP contribution is 2.23. The van der Waals surface area contributed by atoms with Gasteiger partial charge in [0.2, 0.25) is 0 Å². The van der Waals surface area contributed by atoms with E-state index in [4.69, 9.17) is 4.74 Å². The number of anilines is 1. The predicted octanol–water partition coefficient (Wildman–Crippen LogP) is 2.92. The molecule has 0 radical (unpaired) electrons. The maximum absolute atomic E-state index is 12.7. The quantitative estimate of drug-likeness (QED) is 0.927. The van der Waals surface area contributed by atoms with E-state index >= 15 is 0 Å². The van der Waals surface area contributed by atoms with Crippen molar-refractivity contribution in [2.75, 3.05) is 32.1 Å². The van der Waals surface area contributed by atoms with Crippen LogP contribution in [-0.4, -0.2) is 43.7 Å². The number of aryl methyl sites for hydroxylation is 1. The second kappa shape index (κ2) is 6.94. The Bertz CT molecular complexity index is 502. The summed E-state index contributed by atoms with van der Waals surface area (Å²) in [4.78, 5) is 14.6. The molecule has 0 bridgehead atoms. The molecule has 1 aromatic carbocycles. The number of rotatable bonds is 4. The Morgan fingerprint density at radius 2 is 2.24 bits per heavy atom. The molecule has 1 aromatic rings. The van der Waals surface area contributed by atoms with Crippen LogP contribution in [0.4, 0.5) is 5.69 Å². The average molecular weight is 290 g/mol. The zero-order chi connectivity index (χ0) is 15.4. The molecule has 1 saturated heterocycles. The largest absolute Gasteiger partial charge is 0.385 e. The number of benzene rings is 1. The zero-order valence-electron chi connectivity index (χ0n) is 13.5. The average Bonchev–Trinajstić information content (AvgIpc) is 2.47. The molecule has 1 aliphatic heterocycles. The van der Waals surface area contributed by atoms with Gasteiger partial charge in [-0.3, -0.25) is 4.79 Å². The van der Waals surface area contributed by atoms with Crippen LogP contribution in [0.2, 0.25) is 0 Å². The number of nitrogens with one attached hydrogen (secondary N) is 1. The number of piperidine rings is 1. The van der Waals surface area contributed by atoms with E-state index in [1.807, 2.05) is 30.0 Å². The van der Waals surface area contributed by atoms with Gasteiger partial charge in [-0.2, -0.15) is 0 Å². The van der Waals surface area contributed by atoms with Gasteiger partial charge in [0.1, 0.15) is 0 Å². The summed E-state index contributed by atoms with van der Waals surface area (Å²) in [6.07, 6.45) is 1.14. The summed E-state index contributed by atoms with van der Waals surface area (Å²) >= 11 is 0. The Morgan fingerprint density at radius 3 is 2.86 bits per heavy atom. The number of carbonyl (C=O) groups is 1. The van der Waals surface area contributed by atoms with Crippen LogP contribution in [0.3, 0.4) is 0 Å². The van der Waals surface area contributed by atoms with E-state index in [2.05, 4.69) is 19.2 Å². The first-order chi connectivity index (χ1) is 10.1. The van der Waals surface area contributed by atoms with Crippen LogP contribution in [0.1, 0.15) is 36.2 Å². The Labute approximate surface area is 127 Å². The summed E-state index contributed by atoms with van der Waals surface area (Å²) in [6, 6.07) is 5.94. The van der Waals surface area contributed by atoms with Gasteiger partial charge < -0.3 is 15.0 Å². The first kappa shape index (κ1) is 15.8. The number of hydrogen-bond acceptors (Lipinski definition) is 3. The summed E-state index contributed by atoms with van der Waals surface area (Å²) in [5.74, 6) is 0.626. The van der Waals surface area contributed by atoms with Crippen LogP contribution >= 0.6 is 0 Å². The molecule has 0 aliphatic carbocycles. The van der Waals surface area contributed by atoms with Gasteiger partial charge in [-0.25, -0.2) is 0 Å². The highest BCUT2D eigenvalue weighted by Gasteiger charge is 2.29. The number of methoxy groups -OCH3 is 1. The topological polar surface area (TPSA) is 41.6 Å². The van der Waals surface area contributed by atoms with E-state index in [0.717, 1.165) is 36.3 Å². The molecule has 0 saturated carbocycles. The maximum Gasteiger partial charge on any atom is 0.254 e. The van der Waals surface area contributed by atoms with Crippen molar-refractivity contribution in [3.05, 3.63) is 29.3 Å². The van der Waals surface area contributed by atoms with Crippen LogP contribution in [0.5, 0.6) is 0 Å². The molecule has 21 heavy (non-hydrogen) atoms. The van der Waals surface area contributed by atoms with Crippen molar-refractivity contribution in [2.24, 2.45) is 5.92 Å². The van der Waals surface area contributed by atoms with Crippen LogP contribution in [0.15, 0.2) is 18.2 Å². The molecular weight excluding hydrogens is 264 g/mol. The molecular formula is C17H26N2O2. The molecule has 1 fully saturated rings. The van der Waals surface area contributed by atoms with Gasteiger partial charge in [0, 0.05) is 38.0 Å². The monoisotopic (exact) mass is 290 g/mol. The Balaban J connectivity index is 2.13. The fourth-order valence-electron chi connectivity index (χ4n) is 2.91. The van der Waals surface area contributed by atoms with Crippen molar-refractivity contribution in [1.82, 2.24) is 4.90 Å². The SMILES string of the molecule is CCNc1ccc(C(=O)N2CCC(C)C(OC)C2)c(C)c1. The van der Waals surface area contributed by atoms with E-state index in [-0.39, 0.29) is 12.0 Å². The van der Waals surface area contributed by atoms with Crippen molar-refractivity contribution in [3.8, 4) is 0 Å². The third kappa shape index (κ3) is 3.56. The fourth-order valence-corrected chi connectivity index (χ4v) is 2.91. The Kier molecular flexibility index (Phi) is 5.23. The predicted molar refractivity (Wildman–Crippen MR) is 85.8 cm³/mol. The van der Waals surface area contributed by atoms with Gasteiger partial charge in [0.05, 0.1) is 6.10 Å². The summed E-state index contributed by atoms with van der Waals surface area (Å²) < 4.78 is 5.50. The molecule has 4 nitrogen and oxygen atoms in total. The van der Waals surface area contributed by atoms with Crippen molar-refractivity contribution < 1.29 is 9.53 Å². The van der Waals surface area contributed by atoms with E-state index in [1.54, 1.807) is 7.11 Å². The van der Waals surface area contributed by atoms with Crippen LogP contribution in [0, 0.1) is 12.8 Å². The van der Waals surface area contributed by atoms with Crippen LogP contribution in [0.25, 0.3) is 0 Å². The van der Waals surface area contributed by atoms with E-state index in [9.17, 15) is 4.79 Å². The number of nitrogens with zero attached hydrogens (tertiary/aromatic N) is 1. The number of amides is 1. The molecule has 4 heteroatoms. The first-order valence-corrected chi connectivity index (χ1v) is 7.73. The molecule has 0 aromatic heterocycles. The van der Waals surface area contributed by atoms with Crippen molar-refractivity contribution in [1.29, 1.82) is 0 Å². The minimum atomic E-state index is 0.115. The molecule has 2 atom stereocenters. The maximum atomic E-state index is 12.7. The molecule has 2 rings (SSSR count). The van der Waals surface area contributed by atoms with Gasteiger partial charge in [0.15, 0.2) is 0 Å². The molecule has 1 amide bonds. The first-order valence-electron chi connectivity index (χ1n) is 7.73. The van der Waals surface area contributed by atoms with Gasteiger partial charge >= 0.3 is 0 Å². The standard InChI is InChI=1S/C17H26N2O2/c1-5-18-14-6-7-15(13(3)10-14)17(20)19-9-8-12(2)16(11-19)21-4/h6-7,10,12,16,18H,5,8-9,11H2,1-4H3. The lowest BCUT2D eigenvalue weighted by Gasteiger charge is -2.36. The summed E-state index contributed by atoms with van der Waals surface area (Å²) in [6.45, 7) is 8.63. The van der Waals surface area contributed by atoms with Gasteiger partial charge in [0.25, 0.3) is 5.91 Å². The normalized spacial score (nSPS) is 22.2. The highest BCUT2D eigenvalue weighted by molar-refractivity contribution is 5.96. The molecule has 1 heterocycles. The van der Waals surface area contributed by atoms with Crippen molar-refractivity contribution in [2.45, 2.75) is 33.3 Å². The molecule has 1 aliphatic rings. The summed E-state index contributed by atoms with van der Waals surface area (Å²) in [7, 11) is 1.73. The Hall–Kier alpha value is -1.55. The lowest BCUT2D eigenvalue weighted by Crippen LogP contribution is -2.46.